The number of Topliss-reactive ketones (excluding diaryl/α,β-unsaturated/α-hetero) is 1. The summed E-state index contributed by atoms with van der Waals surface area (Å²) in [6, 6.07) is -5.27. The van der Waals surface area contributed by atoms with Gasteiger partial charge in [0.25, 0.3) is 0 Å². The van der Waals surface area contributed by atoms with Gasteiger partial charge in [-0.1, -0.05) is 0 Å². The number of carbonyl (C=O) groups excluding carboxylic acids is 4. The van der Waals surface area contributed by atoms with Crippen molar-refractivity contribution >= 4 is 29.5 Å². The fourth-order valence-corrected chi connectivity index (χ4v) is 4.60. The van der Waals surface area contributed by atoms with E-state index < -0.39 is 103 Å². The monoisotopic (exact) mass is 606 g/mol. The second-order valence-corrected chi connectivity index (χ2v) is 10.5. The SMILES string of the molecule is CC(=O)C(C[C@H](C(N)=O)N(CC(C)O[C@@H]1[C@@H](N)[C@@H](O)O[C@H](CO)[C@H]1O)C(=O)[C@H](C)N)C(=O)N[C@@H](CCCCN)C(=O)O. The van der Waals surface area contributed by atoms with Crippen molar-refractivity contribution in [3.8, 4) is 0 Å². The lowest BCUT2D eigenvalue weighted by Gasteiger charge is -2.42. The van der Waals surface area contributed by atoms with Crippen LogP contribution in [0, 0.1) is 5.92 Å². The van der Waals surface area contributed by atoms with Crippen LogP contribution >= 0.6 is 0 Å². The summed E-state index contributed by atoms with van der Waals surface area (Å²) in [5, 5.41) is 41.8. The van der Waals surface area contributed by atoms with Crippen LogP contribution in [-0.4, -0.2) is 129 Å². The molecule has 13 N–H and O–H groups in total. The largest absolute Gasteiger partial charge is 0.480 e. The number of aliphatic carboxylic acids is 1. The van der Waals surface area contributed by atoms with Gasteiger partial charge in [-0.15, -0.1) is 0 Å². The van der Waals surface area contributed by atoms with E-state index in [2.05, 4.69) is 5.32 Å². The van der Waals surface area contributed by atoms with Gasteiger partial charge in [-0.3, -0.25) is 19.2 Å². The summed E-state index contributed by atoms with van der Waals surface area (Å²) in [6.07, 6.45) is -6.11. The minimum Gasteiger partial charge on any atom is -0.480 e. The number of carbonyl (C=O) groups is 5. The standard InChI is InChI=1S/C25H46N6O11/c1-11(41-20-18(28)25(40)42-17(10-32)19(20)34)9-31(23(37)12(2)27)16(21(29)35)8-14(13(3)33)22(36)30-15(24(38)39)6-4-5-7-26/h11-12,14-20,25,32,34,40H,4-10,26-28H2,1-3H3,(H2,29,35)(H,30,36)(H,38,39)/t11?,12-,14?,15-,16+,17+,18+,19+,20+,25-/m0/s1. The molecule has 3 amide bonds. The van der Waals surface area contributed by atoms with Crippen LogP contribution in [0.3, 0.4) is 0 Å². The number of nitrogens with two attached hydrogens (primary N) is 4. The maximum absolute atomic E-state index is 13.1. The number of hydrogen-bond acceptors (Lipinski definition) is 13. The molecule has 1 aliphatic rings. The predicted octanol–water partition coefficient (Wildman–Crippen LogP) is -4.52. The number of aliphatic hydroxyl groups is 3. The summed E-state index contributed by atoms with van der Waals surface area (Å²) < 4.78 is 10.8. The molecule has 0 aliphatic carbocycles. The highest BCUT2D eigenvalue weighted by atomic mass is 16.6. The molecule has 0 radical (unpaired) electrons. The molecular formula is C25H46N6O11. The van der Waals surface area contributed by atoms with Crippen molar-refractivity contribution in [2.75, 3.05) is 19.7 Å². The van der Waals surface area contributed by atoms with Gasteiger partial charge in [0.15, 0.2) is 6.29 Å². The number of aliphatic hydroxyl groups excluding tert-OH is 3. The van der Waals surface area contributed by atoms with Gasteiger partial charge in [0.05, 0.1) is 30.7 Å². The van der Waals surface area contributed by atoms with E-state index in [0.717, 1.165) is 11.8 Å². The average molecular weight is 607 g/mol. The number of hydrogen-bond donors (Lipinski definition) is 9. The summed E-state index contributed by atoms with van der Waals surface area (Å²) >= 11 is 0. The molecule has 1 aliphatic heterocycles. The molecule has 0 spiro atoms. The van der Waals surface area contributed by atoms with E-state index in [0.29, 0.717) is 19.4 Å². The molecule has 0 aromatic rings. The molecule has 17 heteroatoms. The molecule has 1 fully saturated rings. The van der Waals surface area contributed by atoms with Crippen LogP contribution in [0.1, 0.15) is 46.5 Å². The van der Waals surface area contributed by atoms with E-state index in [-0.39, 0.29) is 13.0 Å². The van der Waals surface area contributed by atoms with Crippen molar-refractivity contribution in [2.45, 2.75) is 101 Å². The third-order valence-electron chi connectivity index (χ3n) is 6.97. The van der Waals surface area contributed by atoms with Gasteiger partial charge in [-0.05, 0) is 53.0 Å². The molecular weight excluding hydrogens is 560 g/mol. The molecule has 0 saturated carbocycles. The second kappa shape index (κ2) is 17.4. The Hall–Kier alpha value is -2.77. The second-order valence-electron chi connectivity index (χ2n) is 10.5. The van der Waals surface area contributed by atoms with Crippen molar-refractivity contribution in [2.24, 2.45) is 28.9 Å². The zero-order chi connectivity index (χ0) is 32.3. The van der Waals surface area contributed by atoms with Gasteiger partial charge < -0.3 is 63.1 Å². The number of carboxylic acid groups (broad SMARTS) is 1. The van der Waals surface area contributed by atoms with Crippen molar-refractivity contribution in [3.05, 3.63) is 0 Å². The maximum atomic E-state index is 13.1. The number of amides is 3. The normalized spacial score (nSPS) is 25.9. The van der Waals surface area contributed by atoms with E-state index in [4.69, 9.17) is 32.4 Å². The number of ketones is 1. The molecule has 1 rings (SSSR count). The summed E-state index contributed by atoms with van der Waals surface area (Å²) in [4.78, 5) is 63.9. The van der Waals surface area contributed by atoms with Gasteiger partial charge in [0.2, 0.25) is 17.7 Å². The van der Waals surface area contributed by atoms with Crippen LogP contribution in [0.4, 0.5) is 0 Å². The van der Waals surface area contributed by atoms with Gasteiger partial charge in [0, 0.05) is 6.54 Å². The lowest BCUT2D eigenvalue weighted by molar-refractivity contribution is -0.263. The number of ether oxygens (including phenoxy) is 2. The van der Waals surface area contributed by atoms with Gasteiger partial charge in [0.1, 0.15) is 36.2 Å². The zero-order valence-electron chi connectivity index (χ0n) is 24.1. The topological polar surface area (TPSA) is 304 Å². The van der Waals surface area contributed by atoms with Crippen molar-refractivity contribution in [3.63, 3.8) is 0 Å². The molecule has 242 valence electrons. The van der Waals surface area contributed by atoms with Crippen LogP contribution in [-0.2, 0) is 33.4 Å². The van der Waals surface area contributed by atoms with E-state index >= 15 is 0 Å². The smallest absolute Gasteiger partial charge is 0.326 e. The Morgan fingerprint density at radius 1 is 1.12 bits per heavy atom. The Bertz CT molecular complexity index is 939. The first-order valence-corrected chi connectivity index (χ1v) is 13.7. The zero-order valence-corrected chi connectivity index (χ0v) is 24.1. The fourth-order valence-electron chi connectivity index (χ4n) is 4.60. The van der Waals surface area contributed by atoms with Crippen molar-refractivity contribution in [1.82, 2.24) is 10.2 Å². The highest BCUT2D eigenvalue weighted by Crippen LogP contribution is 2.23. The number of rotatable bonds is 18. The first kappa shape index (κ1) is 37.3. The lowest BCUT2D eigenvalue weighted by Crippen LogP contribution is -2.64. The fraction of sp³-hybridized carbons (Fsp3) is 0.800. The summed E-state index contributed by atoms with van der Waals surface area (Å²) in [6.45, 7) is 3.17. The first-order chi connectivity index (χ1) is 19.6. The summed E-state index contributed by atoms with van der Waals surface area (Å²) in [5.41, 5.74) is 22.8. The average Bonchev–Trinajstić information content (AvgIpc) is 2.90. The first-order valence-electron chi connectivity index (χ1n) is 13.7. The Morgan fingerprint density at radius 2 is 1.74 bits per heavy atom. The lowest BCUT2D eigenvalue weighted by atomic mass is 9.92. The van der Waals surface area contributed by atoms with Crippen LogP contribution < -0.4 is 28.3 Å². The van der Waals surface area contributed by atoms with Crippen molar-refractivity contribution in [1.29, 1.82) is 0 Å². The van der Waals surface area contributed by atoms with E-state index in [1.165, 1.54) is 13.8 Å². The maximum Gasteiger partial charge on any atom is 0.326 e. The molecule has 0 bridgehead atoms. The third kappa shape index (κ3) is 10.5. The van der Waals surface area contributed by atoms with Crippen LogP contribution in [0.5, 0.6) is 0 Å². The Balaban J connectivity index is 3.23. The molecule has 42 heavy (non-hydrogen) atoms. The van der Waals surface area contributed by atoms with Crippen LogP contribution in [0.25, 0.3) is 0 Å². The Kier molecular flexibility index (Phi) is 15.4. The highest BCUT2D eigenvalue weighted by molar-refractivity contribution is 6.02. The number of nitrogens with zero attached hydrogens (tertiary/aromatic N) is 1. The molecule has 17 nitrogen and oxygen atoms in total. The molecule has 1 saturated heterocycles. The minimum absolute atomic E-state index is 0.0539. The number of primary amides is 1. The van der Waals surface area contributed by atoms with Gasteiger partial charge >= 0.3 is 5.97 Å². The molecule has 1 heterocycles. The van der Waals surface area contributed by atoms with E-state index in [1.54, 1.807) is 0 Å². The minimum atomic E-state index is -1.58. The highest BCUT2D eigenvalue weighted by Gasteiger charge is 2.45. The Morgan fingerprint density at radius 3 is 2.21 bits per heavy atom. The molecule has 0 aromatic heterocycles. The summed E-state index contributed by atoms with van der Waals surface area (Å²) in [7, 11) is 0. The van der Waals surface area contributed by atoms with Crippen molar-refractivity contribution < 1.29 is 53.9 Å². The van der Waals surface area contributed by atoms with Crippen LogP contribution in [0.2, 0.25) is 0 Å². The molecule has 10 atom stereocenters. The van der Waals surface area contributed by atoms with Crippen LogP contribution in [0.15, 0.2) is 0 Å². The number of carboxylic acids is 1. The molecule has 2 unspecified atom stereocenters. The number of unbranched alkanes of at least 4 members (excludes halogenated alkanes) is 1. The summed E-state index contributed by atoms with van der Waals surface area (Å²) in [5.74, 6) is -6.41. The quantitative estimate of drug-likeness (QED) is 0.0524. The predicted molar refractivity (Wildman–Crippen MR) is 146 cm³/mol. The van der Waals surface area contributed by atoms with E-state index in [1.807, 2.05) is 0 Å². The van der Waals surface area contributed by atoms with Gasteiger partial charge in [-0.2, -0.15) is 0 Å². The third-order valence-corrected chi connectivity index (χ3v) is 6.97. The number of nitrogens with one attached hydrogen (secondary N) is 1. The van der Waals surface area contributed by atoms with E-state index in [9.17, 15) is 44.4 Å². The Labute approximate surface area is 243 Å². The van der Waals surface area contributed by atoms with Gasteiger partial charge in [-0.25, -0.2) is 4.79 Å². The molecule has 0 aromatic carbocycles.